The van der Waals surface area contributed by atoms with Crippen molar-refractivity contribution in [3.63, 3.8) is 0 Å². The van der Waals surface area contributed by atoms with Gasteiger partial charge in [0.1, 0.15) is 29.7 Å². The first-order valence-corrected chi connectivity index (χ1v) is 26.3. The van der Waals surface area contributed by atoms with Crippen LogP contribution in [0.3, 0.4) is 0 Å². The Morgan fingerprint density at radius 2 is 1.07 bits per heavy atom. The fraction of sp³-hybridized carbons (Fsp3) is 0.464. The number of amides is 2. The lowest BCUT2D eigenvalue weighted by Crippen LogP contribution is -2.41. The highest BCUT2D eigenvalue weighted by Gasteiger charge is 2.44. The van der Waals surface area contributed by atoms with E-state index in [-0.39, 0.29) is 31.0 Å². The van der Waals surface area contributed by atoms with Crippen LogP contribution in [-0.4, -0.2) is 95.6 Å². The summed E-state index contributed by atoms with van der Waals surface area (Å²) in [6, 6.07) is 17.1. The van der Waals surface area contributed by atoms with Gasteiger partial charge < -0.3 is 28.7 Å². The van der Waals surface area contributed by atoms with Gasteiger partial charge in [0, 0.05) is 85.2 Å². The predicted octanol–water partition coefficient (Wildman–Crippen LogP) is 13.6. The second-order valence-corrected chi connectivity index (χ2v) is 20.6. The molecule has 9 rings (SSSR count). The van der Waals surface area contributed by atoms with E-state index in [1.807, 2.05) is 19.1 Å². The third-order valence-corrected chi connectivity index (χ3v) is 14.9. The van der Waals surface area contributed by atoms with Gasteiger partial charge in [-0.2, -0.15) is 26.3 Å². The highest BCUT2D eigenvalue weighted by Crippen LogP contribution is 2.41. The third kappa shape index (κ3) is 12.9. The molecule has 5 aromatic rings. The number of ether oxygens (including phenoxy) is 4. The number of hydrogen-bond donors (Lipinski definition) is 0. The minimum Gasteiger partial charge on any atom is -0.439 e. The summed E-state index contributed by atoms with van der Waals surface area (Å²) in [6.45, 7) is 15.3. The van der Waals surface area contributed by atoms with E-state index in [9.17, 15) is 40.3 Å². The van der Waals surface area contributed by atoms with Crippen LogP contribution in [0.2, 0.25) is 0 Å². The van der Waals surface area contributed by atoms with Gasteiger partial charge in [-0.3, -0.25) is 9.80 Å². The molecule has 4 aliphatic heterocycles. The first kappa shape index (κ1) is 56.2. The smallest absolute Gasteiger partial charge is 0.416 e. The number of hydrogen-bond acceptors (Lipinski definition) is 10. The predicted molar refractivity (Wildman–Crippen MR) is 276 cm³/mol. The SMILES string of the molecule is CCN(c1ncc(-c2cccc(F)c2)cc1CN1C(=O)O[C@H](c2cc(C)cc(C(F)(F)F)c2)[C@@H]1C)C1CCOCC1.CCN(c1ncc(Br)cc1CN1C(=O)O[C@H](c2cc(C)cc(C(F)(F)F)c2)[C@@H]1C)C1CCOCC1. The van der Waals surface area contributed by atoms with E-state index in [2.05, 4.69) is 37.6 Å². The molecule has 0 bridgehead atoms. The number of carbonyl (C=O) groups is 2. The maximum absolute atomic E-state index is 14.0. The fourth-order valence-electron chi connectivity index (χ4n) is 10.7. The summed E-state index contributed by atoms with van der Waals surface area (Å²) in [6.07, 6.45) is -4.95. The van der Waals surface area contributed by atoms with Gasteiger partial charge in [-0.25, -0.2) is 23.9 Å². The third-order valence-electron chi connectivity index (χ3n) is 14.5. The standard InChI is InChI=1S/C31H33F4N3O3.C25H29BrF3N3O3/c1-4-37(27-8-10-40-11-9-27)29-24(14-23(17-36-29)21-6-5-7-26(32)16-21)18-38-20(3)28(41-30(38)39)22-12-19(2)13-25(15-22)31(33,34)35;1-4-31(21-5-7-34-8-6-21)23-18(12-20(26)13-30-23)14-32-16(3)22(35-24(32)33)17-9-15(2)10-19(11-17)25(27,28)29/h5-7,12-17,20,27-28H,4,8-11,18H2,1-3H3;9-13,16,21-22H,4-8,14H2,1-3H3/t20-,28-;16-,22-/m00/s1. The zero-order chi connectivity index (χ0) is 54.6. The molecule has 4 aliphatic rings. The zero-order valence-electron chi connectivity index (χ0n) is 43.2. The van der Waals surface area contributed by atoms with Crippen LogP contribution in [0.1, 0.15) is 110 Å². The molecule has 4 saturated heterocycles. The van der Waals surface area contributed by atoms with Gasteiger partial charge >= 0.3 is 24.5 Å². The van der Waals surface area contributed by atoms with Crippen LogP contribution < -0.4 is 9.80 Å². The average molecular weight is 1130 g/mol. The van der Waals surface area contributed by atoms with Gasteiger partial charge in [0.05, 0.1) is 36.3 Å². The van der Waals surface area contributed by atoms with E-state index in [1.165, 1.54) is 17.0 Å². The molecule has 4 fully saturated rings. The summed E-state index contributed by atoms with van der Waals surface area (Å²) in [7, 11) is 0. The molecule has 2 amide bonds. The van der Waals surface area contributed by atoms with Crippen molar-refractivity contribution in [1.82, 2.24) is 19.8 Å². The molecule has 6 heterocycles. The molecule has 2 aromatic heterocycles. The van der Waals surface area contributed by atoms with Gasteiger partial charge in [-0.15, -0.1) is 0 Å². The molecule has 20 heteroatoms. The van der Waals surface area contributed by atoms with Gasteiger partial charge in [-0.1, -0.05) is 35.4 Å². The second kappa shape index (κ2) is 23.7. The van der Waals surface area contributed by atoms with Crippen LogP contribution in [0.25, 0.3) is 11.1 Å². The summed E-state index contributed by atoms with van der Waals surface area (Å²) < 4.78 is 118. The summed E-state index contributed by atoms with van der Waals surface area (Å²) in [5.74, 6) is 1.13. The number of halogens is 8. The molecule has 0 spiro atoms. The van der Waals surface area contributed by atoms with Crippen LogP contribution >= 0.6 is 15.9 Å². The van der Waals surface area contributed by atoms with Crippen molar-refractivity contribution in [2.45, 2.75) is 129 Å². The first-order valence-electron chi connectivity index (χ1n) is 25.5. The minimum absolute atomic E-state index is 0.125. The van der Waals surface area contributed by atoms with E-state index in [0.717, 1.165) is 77.9 Å². The summed E-state index contributed by atoms with van der Waals surface area (Å²) in [4.78, 5) is 43.1. The number of rotatable bonds is 13. The summed E-state index contributed by atoms with van der Waals surface area (Å²) in [5.41, 5.74) is 2.93. The second-order valence-electron chi connectivity index (χ2n) is 19.7. The lowest BCUT2D eigenvalue weighted by Gasteiger charge is -2.36. The Morgan fingerprint density at radius 1 is 0.618 bits per heavy atom. The summed E-state index contributed by atoms with van der Waals surface area (Å²) >= 11 is 3.48. The normalized spacial score (nSPS) is 20.6. The van der Waals surface area contributed by atoms with Gasteiger partial charge in [-0.05, 0) is 148 Å². The lowest BCUT2D eigenvalue weighted by atomic mass is 9.98. The minimum atomic E-state index is -4.52. The molecular weight excluding hydrogens is 1070 g/mol. The number of pyridine rings is 2. The van der Waals surface area contributed by atoms with Gasteiger partial charge in [0.2, 0.25) is 0 Å². The Balaban J connectivity index is 0.000000204. The fourth-order valence-corrected chi connectivity index (χ4v) is 11.1. The molecule has 12 nitrogen and oxygen atoms in total. The highest BCUT2D eigenvalue weighted by atomic mass is 79.9. The van der Waals surface area contributed by atoms with Crippen molar-refractivity contribution in [3.05, 3.63) is 140 Å². The largest absolute Gasteiger partial charge is 0.439 e. The topological polar surface area (TPSA) is 110 Å². The van der Waals surface area contributed by atoms with E-state index in [4.69, 9.17) is 23.9 Å². The Bertz CT molecular complexity index is 2860. The number of aromatic nitrogens is 2. The van der Waals surface area contributed by atoms with Crippen molar-refractivity contribution in [1.29, 1.82) is 0 Å². The Kier molecular flexibility index (Phi) is 17.5. The van der Waals surface area contributed by atoms with Crippen molar-refractivity contribution >= 4 is 39.8 Å². The van der Waals surface area contributed by atoms with Crippen molar-refractivity contribution < 1.29 is 59.3 Å². The van der Waals surface area contributed by atoms with E-state index < -0.39 is 60.0 Å². The molecule has 0 saturated carbocycles. The van der Waals surface area contributed by atoms with Crippen LogP contribution in [0, 0.1) is 19.7 Å². The Labute approximate surface area is 446 Å². The maximum atomic E-state index is 14.0. The lowest BCUT2D eigenvalue weighted by molar-refractivity contribution is -0.138. The van der Waals surface area contributed by atoms with Crippen molar-refractivity contribution in [2.75, 3.05) is 49.3 Å². The van der Waals surface area contributed by atoms with E-state index >= 15 is 0 Å². The van der Waals surface area contributed by atoms with Crippen molar-refractivity contribution in [2.24, 2.45) is 0 Å². The monoisotopic (exact) mass is 1130 g/mol. The Hall–Kier alpha value is -5.99. The quantitative estimate of drug-likeness (QED) is 0.106. The zero-order valence-corrected chi connectivity index (χ0v) is 44.8. The molecule has 3 aromatic carbocycles. The molecule has 0 radical (unpaired) electrons. The van der Waals surface area contributed by atoms with E-state index in [0.29, 0.717) is 72.2 Å². The number of benzene rings is 3. The number of nitrogens with zero attached hydrogens (tertiary/aromatic N) is 6. The summed E-state index contributed by atoms with van der Waals surface area (Å²) in [5, 5.41) is 0. The van der Waals surface area contributed by atoms with Crippen LogP contribution in [-0.2, 0) is 44.4 Å². The highest BCUT2D eigenvalue weighted by molar-refractivity contribution is 9.10. The first-order chi connectivity index (χ1) is 36.1. The molecule has 408 valence electrons. The maximum Gasteiger partial charge on any atom is 0.416 e. The van der Waals surface area contributed by atoms with Crippen LogP contribution in [0.4, 0.5) is 52.0 Å². The number of aryl methyl sites for hydroxylation is 2. The average Bonchev–Trinajstić information content (AvgIpc) is 3.83. The molecule has 0 unspecified atom stereocenters. The molecule has 4 atom stereocenters. The molecule has 0 aliphatic carbocycles. The van der Waals surface area contributed by atoms with Crippen LogP contribution in [0.15, 0.2) is 89.7 Å². The van der Waals surface area contributed by atoms with E-state index in [1.54, 1.807) is 69.3 Å². The van der Waals surface area contributed by atoms with Crippen LogP contribution in [0.5, 0.6) is 0 Å². The number of cyclic esters (lactones) is 2. The number of anilines is 2. The molecule has 0 N–H and O–H groups in total. The van der Waals surface area contributed by atoms with Crippen molar-refractivity contribution in [3.8, 4) is 11.1 Å². The van der Waals surface area contributed by atoms with Gasteiger partial charge in [0.25, 0.3) is 0 Å². The number of carbonyl (C=O) groups excluding carboxylic acids is 2. The molecular formula is C56H62BrF7N6O6. The van der Waals surface area contributed by atoms with Gasteiger partial charge in [0.15, 0.2) is 0 Å². The molecule has 76 heavy (non-hydrogen) atoms. The number of alkyl halides is 6. The Morgan fingerprint density at radius 3 is 1.50 bits per heavy atom.